The molecule has 1 aromatic carbocycles. The zero-order chi connectivity index (χ0) is 14.9. The molecule has 3 rings (SSSR count). The SMILES string of the molecule is Cc1nc(-c2cccc(NC(=O)C3(N)CCCC3)c2)no1.Cl. The Morgan fingerprint density at radius 3 is 2.73 bits per heavy atom. The van der Waals surface area contributed by atoms with Gasteiger partial charge in [0.1, 0.15) is 0 Å². The van der Waals surface area contributed by atoms with Crippen molar-refractivity contribution in [3.05, 3.63) is 30.2 Å². The predicted octanol–water partition coefficient (Wildman–Crippen LogP) is 2.68. The summed E-state index contributed by atoms with van der Waals surface area (Å²) in [5.41, 5.74) is 6.90. The third-order valence-electron chi connectivity index (χ3n) is 3.85. The van der Waals surface area contributed by atoms with Gasteiger partial charge in [0.05, 0.1) is 5.54 Å². The van der Waals surface area contributed by atoms with Gasteiger partial charge in [-0.3, -0.25) is 4.79 Å². The van der Waals surface area contributed by atoms with Gasteiger partial charge in [0.25, 0.3) is 0 Å². The Labute approximate surface area is 134 Å². The van der Waals surface area contributed by atoms with Crippen LogP contribution in [0.3, 0.4) is 0 Å². The maximum Gasteiger partial charge on any atom is 0.244 e. The minimum atomic E-state index is -0.737. The first kappa shape index (κ1) is 16.5. The molecule has 0 saturated heterocycles. The summed E-state index contributed by atoms with van der Waals surface area (Å²) in [4.78, 5) is 16.5. The molecule has 1 heterocycles. The van der Waals surface area contributed by atoms with Gasteiger partial charge in [-0.2, -0.15) is 4.98 Å². The molecule has 3 N–H and O–H groups in total. The Hall–Kier alpha value is -1.92. The molecule has 118 valence electrons. The van der Waals surface area contributed by atoms with Crippen LogP contribution in [-0.4, -0.2) is 21.6 Å². The summed E-state index contributed by atoms with van der Waals surface area (Å²) < 4.78 is 4.97. The number of hydrogen-bond donors (Lipinski definition) is 2. The summed E-state index contributed by atoms with van der Waals surface area (Å²) in [5.74, 6) is 0.889. The second-order valence-corrected chi connectivity index (χ2v) is 5.54. The van der Waals surface area contributed by atoms with Crippen LogP contribution in [0.5, 0.6) is 0 Å². The molecule has 1 fully saturated rings. The van der Waals surface area contributed by atoms with Crippen LogP contribution < -0.4 is 11.1 Å². The third kappa shape index (κ3) is 3.28. The van der Waals surface area contributed by atoms with Gasteiger partial charge in [-0.25, -0.2) is 0 Å². The van der Waals surface area contributed by atoms with Crippen LogP contribution in [-0.2, 0) is 4.79 Å². The molecule has 0 bridgehead atoms. The summed E-state index contributed by atoms with van der Waals surface area (Å²) in [7, 11) is 0. The lowest BCUT2D eigenvalue weighted by Crippen LogP contribution is -2.48. The molecule has 0 radical (unpaired) electrons. The van der Waals surface area contributed by atoms with Crippen molar-refractivity contribution in [3.8, 4) is 11.4 Å². The van der Waals surface area contributed by atoms with Gasteiger partial charge >= 0.3 is 0 Å². The van der Waals surface area contributed by atoms with E-state index in [2.05, 4.69) is 15.5 Å². The maximum absolute atomic E-state index is 12.3. The average Bonchev–Trinajstić information content (AvgIpc) is 3.09. The van der Waals surface area contributed by atoms with Gasteiger partial charge in [-0.1, -0.05) is 30.1 Å². The molecule has 1 amide bonds. The largest absolute Gasteiger partial charge is 0.339 e. The molecule has 0 aliphatic heterocycles. The zero-order valence-electron chi connectivity index (χ0n) is 12.3. The van der Waals surface area contributed by atoms with E-state index < -0.39 is 5.54 Å². The van der Waals surface area contributed by atoms with E-state index in [9.17, 15) is 4.79 Å². The number of rotatable bonds is 3. The fourth-order valence-corrected chi connectivity index (χ4v) is 2.64. The number of carbonyl (C=O) groups excluding carboxylic acids is 1. The van der Waals surface area contributed by atoms with E-state index in [-0.39, 0.29) is 18.3 Å². The summed E-state index contributed by atoms with van der Waals surface area (Å²) in [6, 6.07) is 7.36. The van der Waals surface area contributed by atoms with E-state index in [0.717, 1.165) is 31.2 Å². The zero-order valence-corrected chi connectivity index (χ0v) is 13.2. The van der Waals surface area contributed by atoms with Crippen LogP contribution in [0.2, 0.25) is 0 Å². The number of amides is 1. The second-order valence-electron chi connectivity index (χ2n) is 5.54. The molecule has 7 heteroatoms. The van der Waals surface area contributed by atoms with Crippen LogP contribution in [0.15, 0.2) is 28.8 Å². The summed E-state index contributed by atoms with van der Waals surface area (Å²) in [5, 5.41) is 6.77. The fourth-order valence-electron chi connectivity index (χ4n) is 2.64. The number of anilines is 1. The lowest BCUT2D eigenvalue weighted by Gasteiger charge is -2.22. The van der Waals surface area contributed by atoms with Crippen LogP contribution >= 0.6 is 12.4 Å². The Morgan fingerprint density at radius 2 is 2.09 bits per heavy atom. The van der Waals surface area contributed by atoms with Gasteiger partial charge in [0.2, 0.25) is 17.6 Å². The Balaban J connectivity index is 0.00000176. The van der Waals surface area contributed by atoms with E-state index in [1.54, 1.807) is 6.92 Å². The van der Waals surface area contributed by atoms with Gasteiger partial charge in [-0.15, -0.1) is 12.4 Å². The molecule has 0 atom stereocenters. The normalized spacial score (nSPS) is 16.1. The predicted molar refractivity (Wildman–Crippen MR) is 85.7 cm³/mol. The molecule has 6 nitrogen and oxygen atoms in total. The Bertz CT molecular complexity index is 665. The highest BCUT2D eigenvalue weighted by molar-refractivity contribution is 5.98. The number of hydrogen-bond acceptors (Lipinski definition) is 5. The van der Waals surface area contributed by atoms with Crippen molar-refractivity contribution in [1.29, 1.82) is 0 Å². The summed E-state index contributed by atoms with van der Waals surface area (Å²) >= 11 is 0. The van der Waals surface area contributed by atoms with Crippen molar-refractivity contribution in [1.82, 2.24) is 10.1 Å². The quantitative estimate of drug-likeness (QED) is 0.906. The number of nitrogens with one attached hydrogen (secondary N) is 1. The molecule has 1 aliphatic carbocycles. The topological polar surface area (TPSA) is 94.0 Å². The summed E-state index contributed by atoms with van der Waals surface area (Å²) in [6.07, 6.45) is 3.49. The Morgan fingerprint density at radius 1 is 1.36 bits per heavy atom. The van der Waals surface area contributed by atoms with Crippen molar-refractivity contribution < 1.29 is 9.32 Å². The standard InChI is InChI=1S/C15H18N4O2.ClH/c1-10-17-13(19-21-10)11-5-4-6-12(9-11)18-14(20)15(16)7-2-3-8-15;/h4-6,9H,2-3,7-8,16H2,1H3,(H,18,20);1H. The molecule has 1 saturated carbocycles. The van der Waals surface area contributed by atoms with E-state index >= 15 is 0 Å². The van der Waals surface area contributed by atoms with Crippen molar-refractivity contribution in [2.75, 3.05) is 5.32 Å². The second kappa shape index (κ2) is 6.46. The molecule has 1 aromatic heterocycles. The van der Waals surface area contributed by atoms with Crippen LogP contribution in [0, 0.1) is 6.92 Å². The molecular weight excluding hydrogens is 304 g/mol. The van der Waals surface area contributed by atoms with Crippen LogP contribution in [0.25, 0.3) is 11.4 Å². The number of nitrogens with two attached hydrogens (primary N) is 1. The highest BCUT2D eigenvalue weighted by Crippen LogP contribution is 2.29. The number of benzene rings is 1. The average molecular weight is 323 g/mol. The van der Waals surface area contributed by atoms with Crippen molar-refractivity contribution in [3.63, 3.8) is 0 Å². The monoisotopic (exact) mass is 322 g/mol. The number of aryl methyl sites for hydroxylation is 1. The van der Waals surface area contributed by atoms with Gasteiger partial charge < -0.3 is 15.6 Å². The third-order valence-corrected chi connectivity index (χ3v) is 3.85. The highest BCUT2D eigenvalue weighted by atomic mass is 35.5. The minimum Gasteiger partial charge on any atom is -0.339 e. The molecule has 1 aliphatic rings. The first-order valence-corrected chi connectivity index (χ1v) is 7.08. The first-order chi connectivity index (χ1) is 10.1. The van der Waals surface area contributed by atoms with Crippen molar-refractivity contribution in [2.45, 2.75) is 38.1 Å². The molecular formula is C15H19ClN4O2. The molecule has 0 spiro atoms. The fraction of sp³-hybridized carbons (Fsp3) is 0.400. The highest BCUT2D eigenvalue weighted by Gasteiger charge is 2.36. The number of nitrogens with zero attached hydrogens (tertiary/aromatic N) is 2. The number of halogens is 1. The van der Waals surface area contributed by atoms with Gasteiger partial charge in [0, 0.05) is 18.2 Å². The summed E-state index contributed by atoms with van der Waals surface area (Å²) in [6.45, 7) is 1.74. The van der Waals surface area contributed by atoms with E-state index in [0.29, 0.717) is 17.4 Å². The van der Waals surface area contributed by atoms with Crippen molar-refractivity contribution in [2.24, 2.45) is 5.73 Å². The van der Waals surface area contributed by atoms with Gasteiger partial charge in [0.15, 0.2) is 0 Å². The Kier molecular flexibility index (Phi) is 4.83. The van der Waals surface area contributed by atoms with Crippen LogP contribution in [0.4, 0.5) is 5.69 Å². The molecule has 0 unspecified atom stereocenters. The maximum atomic E-state index is 12.3. The first-order valence-electron chi connectivity index (χ1n) is 7.08. The van der Waals surface area contributed by atoms with E-state index in [4.69, 9.17) is 10.3 Å². The minimum absolute atomic E-state index is 0. The van der Waals surface area contributed by atoms with E-state index in [1.807, 2.05) is 24.3 Å². The van der Waals surface area contributed by atoms with Crippen LogP contribution in [0.1, 0.15) is 31.6 Å². The number of aromatic nitrogens is 2. The molecule has 22 heavy (non-hydrogen) atoms. The lowest BCUT2D eigenvalue weighted by molar-refractivity contribution is -0.121. The molecule has 2 aromatic rings. The van der Waals surface area contributed by atoms with Crippen molar-refractivity contribution >= 4 is 24.0 Å². The number of carbonyl (C=O) groups is 1. The lowest BCUT2D eigenvalue weighted by atomic mass is 9.98. The van der Waals surface area contributed by atoms with Gasteiger partial charge in [-0.05, 0) is 25.0 Å². The smallest absolute Gasteiger partial charge is 0.244 e. The van der Waals surface area contributed by atoms with E-state index in [1.165, 1.54) is 0 Å².